The lowest BCUT2D eigenvalue weighted by Gasteiger charge is -2.33. The van der Waals surface area contributed by atoms with Crippen LogP contribution in [-0.2, 0) is 49.5 Å². The highest BCUT2D eigenvalue weighted by Gasteiger charge is 2.43. The van der Waals surface area contributed by atoms with Crippen LogP contribution in [0.1, 0.15) is 83.4 Å². The van der Waals surface area contributed by atoms with E-state index in [9.17, 15) is 50.3 Å². The van der Waals surface area contributed by atoms with Crippen molar-refractivity contribution in [1.29, 1.82) is 0 Å². The van der Waals surface area contributed by atoms with Crippen molar-refractivity contribution in [3.05, 3.63) is 46.8 Å². The number of carbonyl (C=O) groups excluding carboxylic acids is 5. The first-order valence-electron chi connectivity index (χ1n) is 18.9. The highest BCUT2D eigenvalue weighted by atomic mass is 19.4. The first-order chi connectivity index (χ1) is 26.3. The van der Waals surface area contributed by atoms with Crippen LogP contribution in [-0.4, -0.2) is 97.3 Å². The lowest BCUT2D eigenvalue weighted by molar-refractivity contribution is -0.148. The number of carbonyl (C=O) groups is 5. The number of fused-ring (bicyclic) bond motifs is 1. The van der Waals surface area contributed by atoms with Gasteiger partial charge in [0.2, 0.25) is 29.5 Å². The zero-order valence-corrected chi connectivity index (χ0v) is 31.7. The maximum Gasteiger partial charge on any atom is 0.451 e. The number of nitrogens with zero attached hydrogens (tertiary/aromatic N) is 5. The van der Waals surface area contributed by atoms with E-state index in [1.165, 1.54) is 9.80 Å². The number of ketones is 1. The molecular formula is C37H48F6N8O5. The fraction of sp³-hybridized carbons (Fsp3) is 0.649. The Morgan fingerprint density at radius 3 is 1.98 bits per heavy atom. The van der Waals surface area contributed by atoms with Crippen molar-refractivity contribution < 1.29 is 50.3 Å². The fourth-order valence-electron chi connectivity index (χ4n) is 7.70. The Morgan fingerprint density at radius 1 is 0.804 bits per heavy atom. The first-order valence-corrected chi connectivity index (χ1v) is 18.9. The second kappa shape index (κ2) is 17.3. The van der Waals surface area contributed by atoms with Crippen molar-refractivity contribution >= 4 is 29.4 Å². The van der Waals surface area contributed by atoms with Crippen LogP contribution in [0.3, 0.4) is 0 Å². The second-order valence-electron chi connectivity index (χ2n) is 15.6. The molecule has 5 rings (SSSR count). The molecule has 3 aliphatic rings. The highest BCUT2D eigenvalue weighted by Crippen LogP contribution is 2.32. The van der Waals surface area contributed by atoms with Crippen LogP contribution >= 0.6 is 0 Å². The number of aromatic nitrogens is 3. The minimum atomic E-state index is -4.75. The van der Waals surface area contributed by atoms with Crippen molar-refractivity contribution in [2.45, 2.75) is 122 Å². The summed E-state index contributed by atoms with van der Waals surface area (Å²) in [5.74, 6) is -9.21. The van der Waals surface area contributed by atoms with Gasteiger partial charge in [-0.25, -0.2) is 13.2 Å². The van der Waals surface area contributed by atoms with Crippen LogP contribution in [0.4, 0.5) is 26.3 Å². The average molecular weight is 799 g/mol. The minimum absolute atomic E-state index is 0.00230. The van der Waals surface area contributed by atoms with E-state index < -0.39 is 108 Å². The van der Waals surface area contributed by atoms with Gasteiger partial charge in [0.05, 0.1) is 6.04 Å². The summed E-state index contributed by atoms with van der Waals surface area (Å²) >= 11 is 0. The molecule has 1 aromatic carbocycles. The van der Waals surface area contributed by atoms with Gasteiger partial charge in [0.25, 0.3) is 0 Å². The Labute approximate surface area is 320 Å². The molecule has 1 aromatic heterocycles. The van der Waals surface area contributed by atoms with E-state index in [2.05, 4.69) is 20.8 Å². The zero-order chi connectivity index (χ0) is 41.2. The normalized spacial score (nSPS) is 21.6. The molecule has 4 N–H and O–H groups in total. The van der Waals surface area contributed by atoms with Gasteiger partial charge in [-0.05, 0) is 62.0 Å². The number of benzene rings is 1. The molecule has 13 nitrogen and oxygen atoms in total. The molecule has 2 fully saturated rings. The summed E-state index contributed by atoms with van der Waals surface area (Å²) in [4.78, 5) is 71.0. The Morgan fingerprint density at radius 2 is 1.39 bits per heavy atom. The Hall–Kier alpha value is -4.55. The van der Waals surface area contributed by atoms with Gasteiger partial charge in [-0.15, -0.1) is 10.2 Å². The summed E-state index contributed by atoms with van der Waals surface area (Å²) in [5, 5.41) is 12.3. The molecule has 0 bridgehead atoms. The maximum absolute atomic E-state index is 14.8. The lowest BCUT2D eigenvalue weighted by atomic mass is 9.88. The third kappa shape index (κ3) is 9.35. The van der Waals surface area contributed by atoms with Crippen molar-refractivity contribution in [3.63, 3.8) is 0 Å². The van der Waals surface area contributed by atoms with Crippen LogP contribution < -0.4 is 16.4 Å². The van der Waals surface area contributed by atoms with Gasteiger partial charge in [0.1, 0.15) is 35.6 Å². The topological polar surface area (TPSA) is 173 Å². The molecule has 6 unspecified atom stereocenters. The van der Waals surface area contributed by atoms with Crippen LogP contribution in [0.25, 0.3) is 0 Å². The van der Waals surface area contributed by atoms with E-state index in [-0.39, 0.29) is 55.6 Å². The van der Waals surface area contributed by atoms with Gasteiger partial charge >= 0.3 is 6.18 Å². The molecule has 0 saturated carbocycles. The molecule has 308 valence electrons. The molecule has 2 aromatic rings. The largest absolute Gasteiger partial charge is 0.451 e. The van der Waals surface area contributed by atoms with E-state index in [1.54, 1.807) is 27.7 Å². The number of halogens is 6. The zero-order valence-electron chi connectivity index (χ0n) is 31.7. The second-order valence-corrected chi connectivity index (χ2v) is 15.6. The van der Waals surface area contributed by atoms with E-state index in [1.807, 2.05) is 0 Å². The quantitative estimate of drug-likeness (QED) is 0.205. The standard InChI is InChI=1S/C37H48F6N8O5/c1-18(2)30(44)34(55)49-10-5-8-27(49)33(54)46-31(19(3)4)35(56)50-11-6-7-26(50)32(53)45-22(13-21-14-24(39)25(40)17-23(21)38)16-28(52)20-9-12-51-29(15-20)47-48-36(51)37(41,42)43/h14,17-20,22,26-27,30-31H,5-13,15-16,44H2,1-4H3,(H,45,53)(H,46,54). The summed E-state index contributed by atoms with van der Waals surface area (Å²) < 4.78 is 83.8. The number of hydrogen-bond donors (Lipinski definition) is 3. The smallest absolute Gasteiger partial charge is 0.351 e. The maximum atomic E-state index is 14.8. The number of likely N-dealkylation sites (tertiary alicyclic amines) is 2. The Kier molecular flexibility index (Phi) is 13.2. The Bertz CT molecular complexity index is 1820. The van der Waals surface area contributed by atoms with Crippen molar-refractivity contribution in [3.8, 4) is 0 Å². The van der Waals surface area contributed by atoms with Gasteiger partial charge in [-0.2, -0.15) is 13.2 Å². The molecule has 0 spiro atoms. The van der Waals surface area contributed by atoms with Gasteiger partial charge in [-0.3, -0.25) is 24.0 Å². The van der Waals surface area contributed by atoms with Gasteiger partial charge in [0.15, 0.2) is 11.6 Å². The van der Waals surface area contributed by atoms with Crippen LogP contribution in [0, 0.1) is 35.2 Å². The third-order valence-corrected chi connectivity index (χ3v) is 10.9. The molecule has 3 aliphatic heterocycles. The molecule has 0 aliphatic carbocycles. The van der Waals surface area contributed by atoms with Crippen molar-refractivity contribution in [2.24, 2.45) is 23.5 Å². The molecule has 0 radical (unpaired) electrons. The van der Waals surface area contributed by atoms with Crippen LogP contribution in [0.5, 0.6) is 0 Å². The number of rotatable bonds is 13. The van der Waals surface area contributed by atoms with Crippen LogP contribution in [0.2, 0.25) is 0 Å². The van der Waals surface area contributed by atoms with Crippen molar-refractivity contribution in [2.75, 3.05) is 13.1 Å². The summed E-state index contributed by atoms with van der Waals surface area (Å²) in [6, 6.07) is -4.02. The van der Waals surface area contributed by atoms with Crippen molar-refractivity contribution in [1.82, 2.24) is 35.2 Å². The monoisotopic (exact) mass is 798 g/mol. The summed E-state index contributed by atoms with van der Waals surface area (Å²) in [5.41, 5.74) is 5.75. The predicted octanol–water partition coefficient (Wildman–Crippen LogP) is 3.07. The number of amides is 4. The van der Waals surface area contributed by atoms with E-state index in [0.29, 0.717) is 37.9 Å². The number of alkyl halides is 3. The summed E-state index contributed by atoms with van der Waals surface area (Å²) in [6.07, 6.45) is -4.26. The first kappa shape index (κ1) is 42.6. The van der Waals surface area contributed by atoms with Gasteiger partial charge < -0.3 is 30.7 Å². The minimum Gasteiger partial charge on any atom is -0.351 e. The van der Waals surface area contributed by atoms with E-state index >= 15 is 0 Å². The third-order valence-electron chi connectivity index (χ3n) is 10.9. The number of nitrogens with one attached hydrogen (secondary N) is 2. The molecule has 6 atom stereocenters. The Balaban J connectivity index is 1.31. The fourth-order valence-corrected chi connectivity index (χ4v) is 7.70. The van der Waals surface area contributed by atoms with Crippen LogP contribution in [0.15, 0.2) is 12.1 Å². The summed E-state index contributed by atoms with van der Waals surface area (Å²) in [6.45, 7) is 7.33. The number of hydrogen-bond acceptors (Lipinski definition) is 8. The molecule has 4 amide bonds. The highest BCUT2D eigenvalue weighted by molar-refractivity contribution is 5.95. The molecule has 56 heavy (non-hydrogen) atoms. The molecular weight excluding hydrogens is 750 g/mol. The average Bonchev–Trinajstić information content (AvgIpc) is 3.91. The molecule has 4 heterocycles. The SMILES string of the molecule is CC(C)C(N)C(=O)N1CCCC1C(=O)NC(C(=O)N1CCCC1C(=O)NC(CC(=O)C1CCn2c(nnc2C(F)(F)F)C1)Cc1cc(F)c(F)cc1F)C(C)C. The van der Waals surface area contributed by atoms with Gasteiger partial charge in [0, 0.05) is 50.5 Å². The number of nitrogens with two attached hydrogens (primary N) is 1. The van der Waals surface area contributed by atoms with E-state index in [4.69, 9.17) is 5.73 Å². The molecule has 2 saturated heterocycles. The van der Waals surface area contributed by atoms with Gasteiger partial charge in [-0.1, -0.05) is 27.7 Å². The number of Topliss-reactive ketones (excluding diaryl/α,β-unsaturated/α-hetero) is 1. The molecule has 19 heteroatoms. The van der Waals surface area contributed by atoms with E-state index in [0.717, 1.165) is 4.57 Å². The lowest BCUT2D eigenvalue weighted by Crippen LogP contribution is -2.59. The predicted molar refractivity (Wildman–Crippen MR) is 187 cm³/mol. The summed E-state index contributed by atoms with van der Waals surface area (Å²) in [7, 11) is 0.